The summed E-state index contributed by atoms with van der Waals surface area (Å²) in [5.74, 6) is -1.42. The van der Waals surface area contributed by atoms with Crippen molar-refractivity contribution in [2.45, 2.75) is 38.8 Å². The molecule has 0 aliphatic carbocycles. The van der Waals surface area contributed by atoms with Gasteiger partial charge in [0.2, 0.25) is 0 Å². The zero-order valence-corrected chi connectivity index (χ0v) is 16.6. The fourth-order valence-electron chi connectivity index (χ4n) is 4.13. The molecule has 2 atom stereocenters. The van der Waals surface area contributed by atoms with Crippen LogP contribution in [0.1, 0.15) is 35.1 Å². The molecule has 0 radical (unpaired) electrons. The van der Waals surface area contributed by atoms with Gasteiger partial charge in [0.15, 0.2) is 0 Å². The van der Waals surface area contributed by atoms with E-state index in [0.29, 0.717) is 13.1 Å². The number of amides is 2. The number of rotatable bonds is 4. The Balaban J connectivity index is 1.52. The maximum Gasteiger partial charge on any atom is 0.326 e. The molecular formula is C23H25N3O3. The van der Waals surface area contributed by atoms with Crippen LogP contribution in [0.3, 0.4) is 0 Å². The Hall–Kier alpha value is -3.28. The molecule has 2 amide bonds. The van der Waals surface area contributed by atoms with Crippen LogP contribution in [0, 0.1) is 6.92 Å². The highest BCUT2D eigenvalue weighted by Gasteiger charge is 2.31. The van der Waals surface area contributed by atoms with Gasteiger partial charge in [-0.25, -0.2) is 9.59 Å². The smallest absolute Gasteiger partial charge is 0.326 e. The van der Waals surface area contributed by atoms with Crippen LogP contribution in [0.4, 0.5) is 4.79 Å². The van der Waals surface area contributed by atoms with E-state index in [1.165, 1.54) is 11.1 Å². The van der Waals surface area contributed by atoms with Crippen LogP contribution in [-0.2, 0) is 17.8 Å². The topological polar surface area (TPSA) is 85.4 Å². The molecule has 3 N–H and O–H groups in total. The third kappa shape index (κ3) is 3.70. The minimum atomic E-state index is -1.04. The van der Waals surface area contributed by atoms with E-state index < -0.39 is 12.0 Å². The van der Waals surface area contributed by atoms with E-state index in [9.17, 15) is 14.7 Å². The van der Waals surface area contributed by atoms with Crippen molar-refractivity contribution >= 4 is 22.9 Å². The minimum absolute atomic E-state index is 0.338. The van der Waals surface area contributed by atoms with Gasteiger partial charge in [-0.3, -0.25) is 0 Å². The Morgan fingerprint density at radius 1 is 1.17 bits per heavy atom. The Morgan fingerprint density at radius 2 is 1.97 bits per heavy atom. The van der Waals surface area contributed by atoms with Crippen LogP contribution in [0.5, 0.6) is 0 Å². The molecule has 6 nitrogen and oxygen atoms in total. The Morgan fingerprint density at radius 3 is 2.76 bits per heavy atom. The van der Waals surface area contributed by atoms with Crippen LogP contribution in [-0.4, -0.2) is 39.6 Å². The third-order valence-corrected chi connectivity index (χ3v) is 5.82. The first-order valence-electron chi connectivity index (χ1n) is 9.86. The number of carboxylic acids is 1. The molecule has 0 saturated heterocycles. The second-order valence-electron chi connectivity index (χ2n) is 7.79. The third-order valence-electron chi connectivity index (χ3n) is 5.82. The highest BCUT2D eigenvalue weighted by molar-refractivity contribution is 5.87. The number of aryl methyl sites for hydroxylation is 1. The largest absolute Gasteiger partial charge is 0.480 e. The van der Waals surface area contributed by atoms with Gasteiger partial charge in [-0.15, -0.1) is 0 Å². The Labute approximate surface area is 169 Å². The molecule has 0 spiro atoms. The minimum Gasteiger partial charge on any atom is -0.480 e. The summed E-state index contributed by atoms with van der Waals surface area (Å²) in [5.41, 5.74) is 5.42. The van der Waals surface area contributed by atoms with Gasteiger partial charge >= 0.3 is 12.0 Å². The molecule has 0 unspecified atom stereocenters. The molecule has 0 bridgehead atoms. The second kappa shape index (κ2) is 7.62. The van der Waals surface area contributed by atoms with Crippen LogP contribution < -0.4 is 5.32 Å². The summed E-state index contributed by atoms with van der Waals surface area (Å²) in [5, 5.41) is 13.5. The quantitative estimate of drug-likeness (QED) is 0.632. The summed E-state index contributed by atoms with van der Waals surface area (Å²) in [6.07, 6.45) is 2.61. The zero-order valence-electron chi connectivity index (χ0n) is 16.6. The number of para-hydroxylation sites is 1. The lowest BCUT2D eigenvalue weighted by atomic mass is 9.93. The number of nitrogens with one attached hydrogen (secondary N) is 2. The number of carboxylic acid groups (broad SMARTS) is 1. The molecule has 1 aromatic heterocycles. The second-order valence-corrected chi connectivity index (χ2v) is 7.79. The average molecular weight is 391 g/mol. The molecule has 1 aliphatic heterocycles. The fourth-order valence-corrected chi connectivity index (χ4v) is 4.13. The molecule has 29 heavy (non-hydrogen) atoms. The lowest BCUT2D eigenvalue weighted by Crippen LogP contribution is -2.51. The first kappa shape index (κ1) is 19.1. The summed E-state index contributed by atoms with van der Waals surface area (Å²) >= 11 is 0. The number of aliphatic carboxylic acids is 1. The predicted octanol–water partition coefficient (Wildman–Crippen LogP) is 3.80. The van der Waals surface area contributed by atoms with Crippen molar-refractivity contribution in [1.82, 2.24) is 15.2 Å². The van der Waals surface area contributed by atoms with Crippen molar-refractivity contribution in [2.24, 2.45) is 0 Å². The van der Waals surface area contributed by atoms with Gasteiger partial charge < -0.3 is 20.3 Å². The van der Waals surface area contributed by atoms with E-state index in [2.05, 4.69) is 23.3 Å². The number of aromatic nitrogens is 1. The summed E-state index contributed by atoms with van der Waals surface area (Å²) in [4.78, 5) is 29.7. The van der Waals surface area contributed by atoms with E-state index in [1.807, 2.05) is 49.5 Å². The number of hydrogen-bond donors (Lipinski definition) is 3. The van der Waals surface area contributed by atoms with Gasteiger partial charge in [-0.2, -0.15) is 0 Å². The molecule has 2 aromatic carbocycles. The number of nitrogens with zero attached hydrogens (tertiary/aromatic N) is 1. The lowest BCUT2D eigenvalue weighted by molar-refractivity contribution is -0.139. The fraction of sp³-hybridized carbons (Fsp3) is 0.304. The van der Waals surface area contributed by atoms with Crippen molar-refractivity contribution in [3.05, 3.63) is 70.9 Å². The monoisotopic (exact) mass is 391 g/mol. The van der Waals surface area contributed by atoms with Gasteiger partial charge in [0.25, 0.3) is 0 Å². The van der Waals surface area contributed by atoms with Crippen LogP contribution in [0.25, 0.3) is 10.9 Å². The molecule has 0 fully saturated rings. The predicted molar refractivity (Wildman–Crippen MR) is 112 cm³/mol. The zero-order chi connectivity index (χ0) is 20.5. The normalized spacial score (nSPS) is 15.6. The number of carbonyl (C=O) groups is 2. The molecule has 4 rings (SSSR count). The van der Waals surface area contributed by atoms with Crippen molar-refractivity contribution in [2.75, 3.05) is 6.54 Å². The molecule has 0 saturated carbocycles. The van der Waals surface area contributed by atoms with Gasteiger partial charge in [0.05, 0.1) is 0 Å². The number of carbonyl (C=O) groups excluding carboxylic acids is 1. The van der Waals surface area contributed by atoms with Crippen LogP contribution in [0.15, 0.2) is 48.7 Å². The van der Waals surface area contributed by atoms with E-state index in [4.69, 9.17) is 0 Å². The summed E-state index contributed by atoms with van der Waals surface area (Å²) in [6, 6.07) is 12.7. The Kier molecular flexibility index (Phi) is 5.01. The van der Waals surface area contributed by atoms with E-state index >= 15 is 0 Å². The van der Waals surface area contributed by atoms with E-state index in [0.717, 1.165) is 28.5 Å². The summed E-state index contributed by atoms with van der Waals surface area (Å²) in [6.45, 7) is 4.97. The van der Waals surface area contributed by atoms with E-state index in [1.54, 1.807) is 4.90 Å². The molecule has 3 aromatic rings. The van der Waals surface area contributed by atoms with Gasteiger partial charge in [-0.1, -0.05) is 48.9 Å². The number of hydrogen-bond acceptors (Lipinski definition) is 2. The summed E-state index contributed by atoms with van der Waals surface area (Å²) in [7, 11) is 0. The first-order valence-corrected chi connectivity index (χ1v) is 9.86. The highest BCUT2D eigenvalue weighted by atomic mass is 16.4. The highest BCUT2D eigenvalue weighted by Crippen LogP contribution is 2.28. The number of H-pyrrole nitrogens is 1. The number of benzene rings is 2. The van der Waals surface area contributed by atoms with Crippen molar-refractivity contribution in [3.8, 4) is 0 Å². The number of aromatic amines is 1. The van der Waals surface area contributed by atoms with Crippen molar-refractivity contribution in [3.63, 3.8) is 0 Å². The van der Waals surface area contributed by atoms with Crippen LogP contribution >= 0.6 is 0 Å². The van der Waals surface area contributed by atoms with Gasteiger partial charge in [0.1, 0.15) is 6.04 Å². The lowest BCUT2D eigenvalue weighted by Gasteiger charge is -2.31. The Bertz CT molecular complexity index is 1070. The average Bonchev–Trinajstić information content (AvgIpc) is 3.15. The van der Waals surface area contributed by atoms with Gasteiger partial charge in [0, 0.05) is 36.1 Å². The molecule has 150 valence electrons. The van der Waals surface area contributed by atoms with Crippen LogP contribution in [0.2, 0.25) is 0 Å². The first-order chi connectivity index (χ1) is 13.9. The molecule has 2 heterocycles. The molecular weight excluding hydrogens is 366 g/mol. The standard InChI is InChI=1S/C23H25N3O3/c1-14-7-8-17-13-26(10-9-16(17)11-14)23(29)25-21(22(27)28)15(2)19-12-24-20-6-4-3-5-18(19)20/h3-8,11-12,15,21,24H,9-10,13H2,1-2H3,(H,25,29)(H,27,28)/t15-,21+/m0/s1. The van der Waals surface area contributed by atoms with E-state index in [-0.39, 0.29) is 11.9 Å². The number of urea groups is 1. The maximum atomic E-state index is 12.9. The van der Waals surface area contributed by atoms with Gasteiger partial charge in [-0.05, 0) is 36.1 Å². The SMILES string of the molecule is Cc1ccc2c(c1)CCN(C(=O)N[C@@H](C(=O)O)[C@@H](C)c1c[nH]c3ccccc13)C2. The number of fused-ring (bicyclic) bond motifs is 2. The van der Waals surface area contributed by atoms with Crippen molar-refractivity contribution < 1.29 is 14.7 Å². The maximum absolute atomic E-state index is 12.9. The molecule has 6 heteroatoms. The summed E-state index contributed by atoms with van der Waals surface area (Å²) < 4.78 is 0. The molecule has 1 aliphatic rings. The van der Waals surface area contributed by atoms with Crippen molar-refractivity contribution in [1.29, 1.82) is 0 Å².